The quantitative estimate of drug-likeness (QED) is 0.880. The van der Waals surface area contributed by atoms with Crippen molar-refractivity contribution in [3.05, 3.63) is 28.2 Å². The number of rotatable bonds is 4. The molecule has 2 N–H and O–H groups in total. The Labute approximate surface area is 135 Å². The molecule has 0 aliphatic carbocycles. The molecule has 0 aromatic heterocycles. The molecule has 1 aromatic carbocycles. The Bertz CT molecular complexity index is 594. The lowest BCUT2D eigenvalue weighted by atomic mass is 9.87. The van der Waals surface area contributed by atoms with Crippen LogP contribution in [0.1, 0.15) is 32.3 Å². The molecule has 1 saturated heterocycles. The van der Waals surface area contributed by atoms with Crippen LogP contribution in [0.25, 0.3) is 0 Å². The first kappa shape index (κ1) is 16.9. The zero-order valence-corrected chi connectivity index (χ0v) is 15.0. The Hall–Kier alpha value is -0.430. The van der Waals surface area contributed by atoms with Crippen molar-refractivity contribution in [2.75, 3.05) is 13.1 Å². The van der Waals surface area contributed by atoms with Crippen molar-refractivity contribution in [2.45, 2.75) is 38.1 Å². The number of hydrogen-bond acceptors (Lipinski definition) is 3. The van der Waals surface area contributed by atoms with Gasteiger partial charge in [0.05, 0.1) is 4.90 Å². The molecular weight excluding hydrogens is 352 g/mol. The van der Waals surface area contributed by atoms with Gasteiger partial charge in [-0.15, -0.1) is 0 Å². The van der Waals surface area contributed by atoms with Crippen LogP contribution in [0.2, 0.25) is 0 Å². The van der Waals surface area contributed by atoms with Crippen molar-refractivity contribution in [3.8, 4) is 0 Å². The van der Waals surface area contributed by atoms with E-state index in [-0.39, 0.29) is 0 Å². The van der Waals surface area contributed by atoms with Crippen LogP contribution in [-0.4, -0.2) is 25.8 Å². The van der Waals surface area contributed by atoms with Gasteiger partial charge in [-0.1, -0.05) is 19.9 Å². The van der Waals surface area contributed by atoms with Gasteiger partial charge in [-0.3, -0.25) is 0 Å². The summed E-state index contributed by atoms with van der Waals surface area (Å²) in [6, 6.07) is 5.28. The van der Waals surface area contributed by atoms with E-state index in [2.05, 4.69) is 29.8 Å². The highest BCUT2D eigenvalue weighted by Crippen LogP contribution is 2.31. The molecule has 1 fully saturated rings. The lowest BCUT2D eigenvalue weighted by Crippen LogP contribution is -2.39. The van der Waals surface area contributed by atoms with E-state index in [0.717, 1.165) is 18.4 Å². The van der Waals surface area contributed by atoms with E-state index < -0.39 is 10.0 Å². The van der Waals surface area contributed by atoms with E-state index in [1.165, 1.54) is 0 Å². The minimum Gasteiger partial charge on any atom is -0.326 e. The molecular formula is C15H23BrN2O2S. The summed E-state index contributed by atoms with van der Waals surface area (Å²) in [5.41, 5.74) is 6.45. The molecule has 0 saturated carbocycles. The summed E-state index contributed by atoms with van der Waals surface area (Å²) in [5.74, 6) is 1.23. The van der Waals surface area contributed by atoms with Crippen molar-refractivity contribution >= 4 is 26.0 Å². The number of sulfonamides is 1. The van der Waals surface area contributed by atoms with Gasteiger partial charge in [-0.2, -0.15) is 4.31 Å². The zero-order valence-electron chi connectivity index (χ0n) is 12.5. The Kier molecular flexibility index (Phi) is 5.46. The molecule has 0 atom stereocenters. The number of hydrogen-bond donors (Lipinski definition) is 1. The molecule has 0 radical (unpaired) electrons. The summed E-state index contributed by atoms with van der Waals surface area (Å²) in [4.78, 5) is 0.327. The van der Waals surface area contributed by atoms with E-state index in [0.29, 0.717) is 40.8 Å². The highest BCUT2D eigenvalue weighted by atomic mass is 79.9. The van der Waals surface area contributed by atoms with E-state index in [4.69, 9.17) is 5.73 Å². The summed E-state index contributed by atoms with van der Waals surface area (Å²) in [6.07, 6.45) is 1.87. The highest BCUT2D eigenvalue weighted by Gasteiger charge is 2.31. The molecule has 6 heteroatoms. The molecule has 0 spiro atoms. The topological polar surface area (TPSA) is 63.4 Å². The smallest absolute Gasteiger partial charge is 0.244 e. The zero-order chi connectivity index (χ0) is 15.6. The van der Waals surface area contributed by atoms with Gasteiger partial charge in [0.15, 0.2) is 0 Å². The standard InChI is InChI=1S/C15H23BrN2O2S/c1-11(2)13-5-7-18(8-6-13)21(19,20)15-9-12(10-17)3-4-14(15)16/h3-4,9,11,13H,5-8,10,17H2,1-2H3. The maximum atomic E-state index is 12.8. The Morgan fingerprint density at radius 3 is 2.48 bits per heavy atom. The van der Waals surface area contributed by atoms with Gasteiger partial charge in [-0.05, 0) is 58.3 Å². The maximum Gasteiger partial charge on any atom is 0.244 e. The van der Waals surface area contributed by atoms with Crippen LogP contribution in [0, 0.1) is 11.8 Å². The minimum absolute atomic E-state index is 0.327. The summed E-state index contributed by atoms with van der Waals surface area (Å²) < 4.78 is 27.8. The Morgan fingerprint density at radius 1 is 1.33 bits per heavy atom. The first-order valence-corrected chi connectivity index (χ1v) is 9.58. The molecule has 2 rings (SSSR count). The lowest BCUT2D eigenvalue weighted by Gasteiger charge is -2.33. The van der Waals surface area contributed by atoms with E-state index in [1.807, 2.05) is 6.07 Å². The van der Waals surface area contributed by atoms with Crippen LogP contribution >= 0.6 is 15.9 Å². The van der Waals surface area contributed by atoms with Gasteiger partial charge < -0.3 is 5.73 Å². The van der Waals surface area contributed by atoms with Crippen LogP contribution < -0.4 is 5.73 Å². The Morgan fingerprint density at radius 2 is 1.95 bits per heavy atom. The maximum absolute atomic E-state index is 12.8. The minimum atomic E-state index is -3.44. The molecule has 4 nitrogen and oxygen atoms in total. The van der Waals surface area contributed by atoms with Gasteiger partial charge in [0.1, 0.15) is 0 Å². The largest absolute Gasteiger partial charge is 0.326 e. The summed E-state index contributed by atoms with van der Waals surface area (Å²) in [6.45, 7) is 5.95. The first-order chi connectivity index (χ1) is 9.86. The Balaban J connectivity index is 2.23. The molecule has 118 valence electrons. The van der Waals surface area contributed by atoms with Crippen molar-refractivity contribution in [1.29, 1.82) is 0 Å². The van der Waals surface area contributed by atoms with Crippen molar-refractivity contribution in [1.82, 2.24) is 4.31 Å². The fourth-order valence-electron chi connectivity index (χ4n) is 2.79. The van der Waals surface area contributed by atoms with Crippen LogP contribution in [0.3, 0.4) is 0 Å². The van der Waals surface area contributed by atoms with Crippen LogP contribution in [0.5, 0.6) is 0 Å². The number of nitrogens with two attached hydrogens (primary N) is 1. The average Bonchev–Trinajstić information content (AvgIpc) is 2.47. The van der Waals surface area contributed by atoms with E-state index in [9.17, 15) is 8.42 Å². The SMILES string of the molecule is CC(C)C1CCN(S(=O)(=O)c2cc(CN)ccc2Br)CC1. The van der Waals surface area contributed by atoms with Crippen molar-refractivity contribution < 1.29 is 8.42 Å². The van der Waals surface area contributed by atoms with Gasteiger partial charge in [0.25, 0.3) is 0 Å². The fourth-order valence-corrected chi connectivity index (χ4v) is 5.24. The third-order valence-corrected chi connectivity index (χ3v) is 7.18. The molecule has 1 heterocycles. The number of halogens is 1. The first-order valence-electron chi connectivity index (χ1n) is 7.35. The van der Waals surface area contributed by atoms with E-state index in [1.54, 1.807) is 16.4 Å². The second-order valence-electron chi connectivity index (χ2n) is 5.95. The van der Waals surface area contributed by atoms with Gasteiger partial charge >= 0.3 is 0 Å². The second kappa shape index (κ2) is 6.77. The fraction of sp³-hybridized carbons (Fsp3) is 0.600. The third kappa shape index (κ3) is 3.67. The molecule has 21 heavy (non-hydrogen) atoms. The molecule has 0 bridgehead atoms. The molecule has 1 aromatic rings. The number of benzene rings is 1. The van der Waals surface area contributed by atoms with Crippen LogP contribution in [-0.2, 0) is 16.6 Å². The highest BCUT2D eigenvalue weighted by molar-refractivity contribution is 9.10. The number of nitrogens with zero attached hydrogens (tertiary/aromatic N) is 1. The summed E-state index contributed by atoms with van der Waals surface area (Å²) in [7, 11) is -3.44. The predicted octanol–water partition coefficient (Wildman–Crippen LogP) is 2.96. The van der Waals surface area contributed by atoms with Crippen LogP contribution in [0.4, 0.5) is 0 Å². The number of piperidine rings is 1. The molecule has 1 aliphatic rings. The van der Waals surface area contributed by atoms with Crippen molar-refractivity contribution in [3.63, 3.8) is 0 Å². The van der Waals surface area contributed by atoms with E-state index >= 15 is 0 Å². The van der Waals surface area contributed by atoms with Gasteiger partial charge in [-0.25, -0.2) is 8.42 Å². The predicted molar refractivity (Wildman–Crippen MR) is 88.4 cm³/mol. The summed E-state index contributed by atoms with van der Waals surface area (Å²) >= 11 is 3.35. The molecule has 0 unspecified atom stereocenters. The third-order valence-electron chi connectivity index (χ3n) is 4.29. The van der Waals surface area contributed by atoms with Crippen LogP contribution in [0.15, 0.2) is 27.6 Å². The average molecular weight is 375 g/mol. The van der Waals surface area contributed by atoms with Crippen molar-refractivity contribution in [2.24, 2.45) is 17.6 Å². The molecule has 1 aliphatic heterocycles. The van der Waals surface area contributed by atoms with Gasteiger partial charge in [0, 0.05) is 24.1 Å². The second-order valence-corrected chi connectivity index (χ2v) is 8.72. The normalized spacial score (nSPS) is 18.3. The van der Waals surface area contributed by atoms with Gasteiger partial charge in [0.2, 0.25) is 10.0 Å². The summed E-state index contributed by atoms with van der Waals surface area (Å²) in [5, 5.41) is 0. The molecule has 0 amide bonds. The monoisotopic (exact) mass is 374 g/mol. The lowest BCUT2D eigenvalue weighted by molar-refractivity contribution is 0.226.